The van der Waals surface area contributed by atoms with Gasteiger partial charge >= 0.3 is 0 Å². The summed E-state index contributed by atoms with van der Waals surface area (Å²) >= 11 is 7.31. The first-order chi connectivity index (χ1) is 24.5. The van der Waals surface area contributed by atoms with Crippen LogP contribution in [0.5, 0.6) is 5.75 Å². The Morgan fingerprint density at radius 3 is 1.22 bits per heavy atom. The van der Waals surface area contributed by atoms with Gasteiger partial charge < -0.3 is 15.4 Å². The lowest BCUT2D eigenvalue weighted by Crippen LogP contribution is -2.25. The summed E-state index contributed by atoms with van der Waals surface area (Å²) in [5.74, 6) is 1.08. The molecular formula is C43H76Br2N2O3. The molecule has 0 heterocycles. The summed E-state index contributed by atoms with van der Waals surface area (Å²) < 4.78 is 7.82. The maximum Gasteiger partial charge on any atom is 0.220 e. The van der Waals surface area contributed by atoms with Crippen LogP contribution in [0.3, 0.4) is 0 Å². The Balaban J connectivity index is 2.01. The average molecular weight is 829 g/mol. The van der Waals surface area contributed by atoms with Gasteiger partial charge in [-0.05, 0) is 75.2 Å². The van der Waals surface area contributed by atoms with Gasteiger partial charge in [-0.3, -0.25) is 9.59 Å². The zero-order chi connectivity index (χ0) is 36.3. The monoisotopic (exact) mass is 826 g/mol. The molecule has 1 aromatic rings. The molecule has 0 aliphatic carbocycles. The van der Waals surface area contributed by atoms with Gasteiger partial charge in [-0.15, -0.1) is 0 Å². The van der Waals surface area contributed by atoms with E-state index in [0.29, 0.717) is 32.5 Å². The fourth-order valence-corrected chi connectivity index (χ4v) is 8.01. The van der Waals surface area contributed by atoms with Crippen molar-refractivity contribution in [1.82, 2.24) is 10.6 Å². The summed E-state index contributed by atoms with van der Waals surface area (Å²) in [5.41, 5.74) is 1.14. The molecule has 0 radical (unpaired) electrons. The zero-order valence-corrected chi connectivity index (χ0v) is 35.6. The van der Waals surface area contributed by atoms with Gasteiger partial charge in [-0.25, -0.2) is 0 Å². The highest BCUT2D eigenvalue weighted by Gasteiger charge is 2.10. The minimum absolute atomic E-state index is 0.149. The van der Waals surface area contributed by atoms with Crippen molar-refractivity contribution in [3.63, 3.8) is 0 Å². The summed E-state index contributed by atoms with van der Waals surface area (Å²) in [6, 6.07) is 4.13. The van der Waals surface area contributed by atoms with E-state index in [-0.39, 0.29) is 11.8 Å². The summed E-state index contributed by atoms with van der Waals surface area (Å²) in [6.07, 6.45) is 37.0. The largest absolute Gasteiger partial charge is 0.491 e. The Morgan fingerprint density at radius 1 is 0.500 bits per heavy atom. The van der Waals surface area contributed by atoms with Gasteiger partial charge in [0, 0.05) is 25.9 Å². The van der Waals surface area contributed by atoms with Gasteiger partial charge in [0.15, 0.2) is 0 Å². The van der Waals surface area contributed by atoms with E-state index in [4.69, 9.17) is 4.74 Å². The molecule has 290 valence electrons. The zero-order valence-electron chi connectivity index (χ0n) is 32.5. The van der Waals surface area contributed by atoms with Crippen molar-refractivity contribution < 1.29 is 14.3 Å². The molecule has 0 unspecified atom stereocenters. The van der Waals surface area contributed by atoms with E-state index in [9.17, 15) is 9.59 Å². The van der Waals surface area contributed by atoms with Crippen LogP contribution in [0, 0.1) is 0 Å². The number of halogens is 2. The molecule has 5 nitrogen and oxygen atoms in total. The number of amides is 2. The van der Waals surface area contributed by atoms with Crippen molar-refractivity contribution in [3.05, 3.63) is 26.6 Å². The first kappa shape index (κ1) is 46.9. The quantitative estimate of drug-likeness (QED) is 0.0662. The third-order valence-corrected chi connectivity index (χ3v) is 10.9. The average Bonchev–Trinajstić information content (AvgIpc) is 3.09. The molecule has 50 heavy (non-hydrogen) atoms. The molecular weight excluding hydrogens is 752 g/mol. The van der Waals surface area contributed by atoms with Gasteiger partial charge in [0.2, 0.25) is 11.8 Å². The van der Waals surface area contributed by atoms with Crippen LogP contribution in [0.15, 0.2) is 21.1 Å². The molecule has 1 aromatic carbocycles. The van der Waals surface area contributed by atoms with Crippen molar-refractivity contribution in [2.75, 3.05) is 19.7 Å². The van der Waals surface area contributed by atoms with Crippen LogP contribution in [0.1, 0.15) is 206 Å². The van der Waals surface area contributed by atoms with Gasteiger partial charge in [-0.2, -0.15) is 0 Å². The second-order valence-electron chi connectivity index (χ2n) is 14.5. The van der Waals surface area contributed by atoms with Gasteiger partial charge in [0.25, 0.3) is 0 Å². The number of hydrogen-bond acceptors (Lipinski definition) is 3. The van der Waals surface area contributed by atoms with Crippen molar-refractivity contribution in [1.29, 1.82) is 0 Å². The number of carbonyl (C=O) groups is 2. The van der Waals surface area contributed by atoms with Crippen LogP contribution in [0.4, 0.5) is 0 Å². The number of nitrogens with one attached hydrogen (secondary N) is 2. The Bertz CT molecular complexity index is 935. The number of benzene rings is 1. The fraction of sp³-hybridized carbons (Fsp3) is 0.814. The standard InChI is InChI=1S/C43H76Br2N2O3/c1-3-5-7-9-11-13-15-17-19-21-23-25-27-30-41(48)46-33-29-35-50-43-39(44)36-38(37-40(43)45)32-34-47-42(49)31-28-26-24-22-20-18-16-14-12-10-8-6-4-2/h36-37H,3-35H2,1-2H3,(H,46,48)(H,47,49). The van der Waals surface area contributed by atoms with E-state index in [1.807, 2.05) is 0 Å². The summed E-state index contributed by atoms with van der Waals surface area (Å²) in [4.78, 5) is 24.5. The van der Waals surface area contributed by atoms with Crippen LogP contribution >= 0.6 is 31.9 Å². The van der Waals surface area contributed by atoms with E-state index in [1.165, 1.54) is 141 Å². The van der Waals surface area contributed by atoms with Crippen LogP contribution in [0.2, 0.25) is 0 Å². The minimum atomic E-state index is 0.149. The summed E-state index contributed by atoms with van der Waals surface area (Å²) in [7, 11) is 0. The van der Waals surface area contributed by atoms with Gasteiger partial charge in [-0.1, -0.05) is 168 Å². The van der Waals surface area contributed by atoms with E-state index >= 15 is 0 Å². The van der Waals surface area contributed by atoms with Crippen molar-refractivity contribution in [2.24, 2.45) is 0 Å². The lowest BCUT2D eigenvalue weighted by molar-refractivity contribution is -0.122. The Morgan fingerprint density at radius 2 is 0.840 bits per heavy atom. The summed E-state index contributed by atoms with van der Waals surface area (Å²) in [6.45, 7) is 6.34. The molecule has 1 rings (SSSR count). The van der Waals surface area contributed by atoms with E-state index in [1.54, 1.807) is 0 Å². The molecule has 2 N–H and O–H groups in total. The molecule has 7 heteroatoms. The molecule has 0 atom stereocenters. The number of ether oxygens (including phenoxy) is 1. The molecule has 0 saturated carbocycles. The highest BCUT2D eigenvalue weighted by atomic mass is 79.9. The first-order valence-electron chi connectivity index (χ1n) is 21.1. The normalized spacial score (nSPS) is 11.2. The molecule has 0 aliphatic heterocycles. The Kier molecular flexibility index (Phi) is 32.8. The van der Waals surface area contributed by atoms with E-state index in [2.05, 4.69) is 68.5 Å². The molecule has 0 aromatic heterocycles. The molecule has 0 fully saturated rings. The topological polar surface area (TPSA) is 67.4 Å². The van der Waals surface area contributed by atoms with E-state index in [0.717, 1.165) is 58.8 Å². The van der Waals surface area contributed by atoms with Gasteiger partial charge in [0.1, 0.15) is 5.75 Å². The molecule has 0 aliphatic rings. The minimum Gasteiger partial charge on any atom is -0.491 e. The molecule has 0 spiro atoms. The molecule has 0 bridgehead atoms. The van der Waals surface area contributed by atoms with Crippen LogP contribution in [-0.4, -0.2) is 31.5 Å². The number of hydrogen-bond donors (Lipinski definition) is 2. The highest BCUT2D eigenvalue weighted by Crippen LogP contribution is 2.35. The first-order valence-corrected chi connectivity index (χ1v) is 22.7. The van der Waals surface area contributed by atoms with Gasteiger partial charge in [0.05, 0.1) is 15.6 Å². The second kappa shape index (κ2) is 35.0. The van der Waals surface area contributed by atoms with Crippen molar-refractivity contribution in [3.8, 4) is 5.75 Å². The third kappa shape index (κ3) is 28.5. The lowest BCUT2D eigenvalue weighted by atomic mass is 10.0. The predicted octanol–water partition coefficient (Wildman–Crippen LogP) is 13.7. The maximum absolute atomic E-state index is 12.3. The van der Waals surface area contributed by atoms with Crippen LogP contribution in [0.25, 0.3) is 0 Å². The highest BCUT2D eigenvalue weighted by molar-refractivity contribution is 9.11. The smallest absolute Gasteiger partial charge is 0.220 e. The SMILES string of the molecule is CCCCCCCCCCCCCCCC(=O)NCCCOc1c(Br)cc(CCNC(=O)CCCCCCCCCCCCCCC)cc1Br. The fourth-order valence-electron chi connectivity index (χ4n) is 6.50. The summed E-state index contributed by atoms with van der Waals surface area (Å²) in [5, 5.41) is 6.13. The van der Waals surface area contributed by atoms with Crippen molar-refractivity contribution >= 4 is 43.7 Å². The second-order valence-corrected chi connectivity index (χ2v) is 16.2. The number of unbranched alkanes of at least 4 members (excludes halogenated alkanes) is 24. The maximum atomic E-state index is 12.3. The Hall–Kier alpha value is -1.08. The third-order valence-electron chi connectivity index (χ3n) is 9.70. The molecule has 0 saturated heterocycles. The van der Waals surface area contributed by atoms with Crippen molar-refractivity contribution in [2.45, 2.75) is 206 Å². The lowest BCUT2D eigenvalue weighted by Gasteiger charge is -2.13. The van der Waals surface area contributed by atoms with Crippen LogP contribution < -0.4 is 15.4 Å². The Labute approximate surface area is 325 Å². The van der Waals surface area contributed by atoms with E-state index < -0.39 is 0 Å². The van der Waals surface area contributed by atoms with Crippen LogP contribution in [-0.2, 0) is 16.0 Å². The number of rotatable bonds is 36. The predicted molar refractivity (Wildman–Crippen MR) is 222 cm³/mol. The molecule has 2 amide bonds. The number of carbonyl (C=O) groups excluding carboxylic acids is 2.